The summed E-state index contributed by atoms with van der Waals surface area (Å²) in [5.74, 6) is 0.483. The fourth-order valence-corrected chi connectivity index (χ4v) is 8.04. The molecule has 0 amide bonds. The molecule has 0 spiro atoms. The summed E-state index contributed by atoms with van der Waals surface area (Å²) in [5.41, 5.74) is -2.49. The predicted octanol–water partition coefficient (Wildman–Crippen LogP) is 3.12. The number of alkyl halides is 3. The molecule has 2 aromatic rings. The molecule has 3 aliphatic rings. The first-order valence-corrected chi connectivity index (χ1v) is 14.3. The van der Waals surface area contributed by atoms with Gasteiger partial charge in [0.15, 0.2) is 5.60 Å². The zero-order valence-corrected chi connectivity index (χ0v) is 21.5. The summed E-state index contributed by atoms with van der Waals surface area (Å²) in [7, 11) is -3.62. The maximum Gasteiger partial charge on any atom is 0.421 e. The summed E-state index contributed by atoms with van der Waals surface area (Å²) in [6.07, 6.45) is -3.57. The number of ether oxygens (including phenoxy) is 1. The molecule has 3 saturated heterocycles. The minimum absolute atomic E-state index is 0.193. The van der Waals surface area contributed by atoms with E-state index in [1.54, 1.807) is 29.6 Å². The summed E-state index contributed by atoms with van der Waals surface area (Å²) >= 11 is 1.19. The van der Waals surface area contributed by atoms with Crippen LogP contribution in [0.25, 0.3) is 0 Å². The minimum Gasteiger partial charge on any atom is -0.377 e. The average molecular weight is 546 g/mol. The van der Waals surface area contributed by atoms with Gasteiger partial charge in [0.25, 0.3) is 10.0 Å². The van der Waals surface area contributed by atoms with Crippen LogP contribution in [0, 0.1) is 5.92 Å². The third kappa shape index (κ3) is 4.79. The highest BCUT2D eigenvalue weighted by Crippen LogP contribution is 2.39. The normalized spacial score (nSPS) is 27.8. The van der Waals surface area contributed by atoms with Gasteiger partial charge in [-0.15, -0.1) is 11.3 Å². The Balaban J connectivity index is 1.38. The quantitative estimate of drug-likeness (QED) is 0.602. The van der Waals surface area contributed by atoms with E-state index in [1.807, 2.05) is 0 Å². The number of hydrogen-bond donors (Lipinski definition) is 1. The van der Waals surface area contributed by atoms with Gasteiger partial charge in [-0.3, -0.25) is 4.90 Å². The molecule has 198 valence electrons. The topological polar surface area (TPSA) is 73.3 Å². The second-order valence-electron chi connectivity index (χ2n) is 9.94. The summed E-state index contributed by atoms with van der Waals surface area (Å²) in [4.78, 5) is 4.37. The molecule has 5 rings (SSSR count). The SMILES string of the molecule is CC(O)(c1ccc(N2CCN(S(=O)(=O)c3cccs3)C[C@@H]2CN2C[C@@H]3CCO[C@@H]3C2)cc1)C(F)(F)F. The number of benzene rings is 1. The van der Waals surface area contributed by atoms with Gasteiger partial charge in [-0.05, 0) is 42.5 Å². The molecule has 0 bridgehead atoms. The zero-order chi connectivity index (χ0) is 25.7. The average Bonchev–Trinajstić information content (AvgIpc) is 3.57. The van der Waals surface area contributed by atoms with Gasteiger partial charge in [0, 0.05) is 57.5 Å². The molecule has 1 aromatic heterocycles. The van der Waals surface area contributed by atoms with Crippen LogP contribution in [-0.4, -0.2) is 86.9 Å². The van der Waals surface area contributed by atoms with Crippen LogP contribution in [0.2, 0.25) is 0 Å². The fourth-order valence-electron chi connectivity index (χ4n) is 5.43. The molecule has 4 atom stereocenters. The molecule has 1 N–H and O–H groups in total. The lowest BCUT2D eigenvalue weighted by Gasteiger charge is -2.43. The van der Waals surface area contributed by atoms with Gasteiger partial charge in [-0.25, -0.2) is 8.42 Å². The van der Waals surface area contributed by atoms with Crippen LogP contribution in [0.5, 0.6) is 0 Å². The van der Waals surface area contributed by atoms with Crippen LogP contribution in [0.15, 0.2) is 46.0 Å². The number of thiophene rings is 1. The molecule has 0 saturated carbocycles. The zero-order valence-electron chi connectivity index (χ0n) is 19.9. The Morgan fingerprint density at radius 3 is 2.50 bits per heavy atom. The van der Waals surface area contributed by atoms with Crippen molar-refractivity contribution in [2.75, 3.05) is 50.8 Å². The van der Waals surface area contributed by atoms with Crippen LogP contribution < -0.4 is 4.90 Å². The monoisotopic (exact) mass is 545 g/mol. The van der Waals surface area contributed by atoms with Gasteiger partial charge >= 0.3 is 6.18 Å². The van der Waals surface area contributed by atoms with E-state index in [9.17, 15) is 26.7 Å². The number of anilines is 1. The second kappa shape index (κ2) is 9.55. The van der Waals surface area contributed by atoms with E-state index in [-0.39, 0.29) is 30.8 Å². The Bertz CT molecular complexity index is 1140. The smallest absolute Gasteiger partial charge is 0.377 e. The van der Waals surface area contributed by atoms with E-state index in [0.29, 0.717) is 28.9 Å². The summed E-state index contributed by atoms with van der Waals surface area (Å²) in [6, 6.07) is 8.87. The fraction of sp³-hybridized carbons (Fsp3) is 0.583. The lowest BCUT2D eigenvalue weighted by molar-refractivity contribution is -0.258. The summed E-state index contributed by atoms with van der Waals surface area (Å²) in [6.45, 7) is 4.77. The second-order valence-corrected chi connectivity index (χ2v) is 13.0. The van der Waals surface area contributed by atoms with Crippen molar-refractivity contribution in [1.82, 2.24) is 9.21 Å². The van der Waals surface area contributed by atoms with Crippen LogP contribution in [0.4, 0.5) is 18.9 Å². The Hall–Kier alpha value is -1.70. The first-order valence-electron chi connectivity index (χ1n) is 12.0. The molecule has 7 nitrogen and oxygen atoms in total. The van der Waals surface area contributed by atoms with Crippen molar-refractivity contribution in [3.8, 4) is 0 Å². The van der Waals surface area contributed by atoms with Crippen molar-refractivity contribution in [1.29, 1.82) is 0 Å². The molecule has 36 heavy (non-hydrogen) atoms. The Morgan fingerprint density at radius 1 is 1.11 bits per heavy atom. The highest BCUT2D eigenvalue weighted by molar-refractivity contribution is 7.91. The Morgan fingerprint density at radius 2 is 1.86 bits per heavy atom. The standard InChI is InChI=1S/C24H30F3N3O4S2/c1-23(31,24(25,26)27)18-4-6-19(7-5-18)30-10-9-29(36(32,33)22-3-2-12-35-22)15-20(30)14-28-13-17-8-11-34-21(17)16-28/h2-7,12,17,20-21,31H,8-11,13-16H2,1H3/t17-,20-,21+,23?/m0/s1. The van der Waals surface area contributed by atoms with Crippen molar-refractivity contribution < 1.29 is 31.4 Å². The first-order chi connectivity index (χ1) is 17.0. The predicted molar refractivity (Wildman–Crippen MR) is 131 cm³/mol. The van der Waals surface area contributed by atoms with E-state index in [4.69, 9.17) is 4.74 Å². The number of nitrogens with zero attached hydrogens (tertiary/aromatic N) is 3. The van der Waals surface area contributed by atoms with Gasteiger partial charge < -0.3 is 14.7 Å². The largest absolute Gasteiger partial charge is 0.421 e. The van der Waals surface area contributed by atoms with E-state index in [1.165, 1.54) is 27.8 Å². The van der Waals surface area contributed by atoms with Crippen molar-refractivity contribution in [2.24, 2.45) is 5.92 Å². The number of hydrogen-bond acceptors (Lipinski definition) is 7. The summed E-state index contributed by atoms with van der Waals surface area (Å²) < 4.78 is 74.0. The minimum atomic E-state index is -4.80. The first kappa shape index (κ1) is 25.9. The van der Waals surface area contributed by atoms with Gasteiger partial charge in [0.1, 0.15) is 4.21 Å². The number of rotatable bonds is 6. The van der Waals surface area contributed by atoms with Crippen molar-refractivity contribution in [2.45, 2.75) is 41.5 Å². The molecule has 1 unspecified atom stereocenters. The van der Waals surface area contributed by atoms with Gasteiger partial charge in [-0.1, -0.05) is 18.2 Å². The molecule has 4 heterocycles. The number of piperazine rings is 1. The van der Waals surface area contributed by atoms with E-state index >= 15 is 0 Å². The molecular formula is C24H30F3N3O4S2. The van der Waals surface area contributed by atoms with E-state index in [2.05, 4.69) is 9.80 Å². The number of halogens is 3. The number of fused-ring (bicyclic) bond motifs is 1. The third-order valence-electron chi connectivity index (χ3n) is 7.59. The highest BCUT2D eigenvalue weighted by Gasteiger charge is 2.51. The lowest BCUT2D eigenvalue weighted by Crippen LogP contribution is -2.58. The maximum absolute atomic E-state index is 13.3. The van der Waals surface area contributed by atoms with Crippen LogP contribution in [0.3, 0.4) is 0 Å². The highest BCUT2D eigenvalue weighted by atomic mass is 32.2. The molecule has 0 aliphatic carbocycles. The molecule has 3 aliphatic heterocycles. The number of likely N-dealkylation sites (tertiary alicyclic amines) is 1. The van der Waals surface area contributed by atoms with Gasteiger partial charge in [0.2, 0.25) is 0 Å². The maximum atomic E-state index is 13.3. The molecule has 12 heteroatoms. The van der Waals surface area contributed by atoms with Crippen molar-refractivity contribution >= 4 is 27.0 Å². The van der Waals surface area contributed by atoms with Crippen molar-refractivity contribution in [3.05, 3.63) is 47.3 Å². The van der Waals surface area contributed by atoms with Crippen molar-refractivity contribution in [3.63, 3.8) is 0 Å². The van der Waals surface area contributed by atoms with E-state index in [0.717, 1.165) is 33.0 Å². The molecule has 3 fully saturated rings. The molecular weight excluding hydrogens is 515 g/mol. The molecule has 1 aromatic carbocycles. The molecule has 0 radical (unpaired) electrons. The van der Waals surface area contributed by atoms with E-state index < -0.39 is 21.8 Å². The van der Waals surface area contributed by atoms with Crippen LogP contribution in [0.1, 0.15) is 18.9 Å². The van der Waals surface area contributed by atoms with Gasteiger partial charge in [-0.2, -0.15) is 17.5 Å². The lowest BCUT2D eigenvalue weighted by atomic mass is 9.95. The summed E-state index contributed by atoms with van der Waals surface area (Å²) in [5, 5.41) is 11.8. The Labute approximate surface area is 213 Å². The number of aliphatic hydroxyl groups is 1. The van der Waals surface area contributed by atoms with Gasteiger partial charge in [0.05, 0.1) is 12.1 Å². The number of sulfonamides is 1. The Kier molecular flexibility index (Phi) is 6.88. The third-order valence-corrected chi connectivity index (χ3v) is 10.8. The van der Waals surface area contributed by atoms with Crippen LogP contribution in [-0.2, 0) is 20.4 Å². The van der Waals surface area contributed by atoms with Crippen LogP contribution >= 0.6 is 11.3 Å².